The predicted molar refractivity (Wildman–Crippen MR) is 124 cm³/mol. The normalized spacial score (nSPS) is 11.2. The highest BCUT2D eigenvalue weighted by atomic mass is 32.2. The van der Waals surface area contributed by atoms with Crippen LogP contribution in [-0.4, -0.2) is 39.3 Å². The van der Waals surface area contributed by atoms with Crippen LogP contribution in [0.5, 0.6) is 11.5 Å². The third-order valence-electron chi connectivity index (χ3n) is 4.91. The van der Waals surface area contributed by atoms with E-state index in [0.717, 1.165) is 17.2 Å². The highest BCUT2D eigenvalue weighted by Crippen LogP contribution is 2.26. The summed E-state index contributed by atoms with van der Waals surface area (Å²) >= 11 is 0. The van der Waals surface area contributed by atoms with Gasteiger partial charge in [0.15, 0.2) is 0 Å². The van der Waals surface area contributed by atoms with Crippen LogP contribution in [0.1, 0.15) is 56.2 Å². The van der Waals surface area contributed by atoms with E-state index < -0.39 is 15.8 Å². The molecule has 9 heteroatoms. The molecule has 0 aliphatic heterocycles. The second-order valence-electron chi connectivity index (χ2n) is 7.72. The number of nitrogens with one attached hydrogen (secondary N) is 1. The standard InChI is InChI=1S/C24H30N2O6S/c1-4-31-24(28)6-5-13-32-22-15-20(17(2)3)9-8-19(22)11-12-26-33(29,30)23-14-18(16-25)7-10-21(23)27/h7-10,14-15,17,26-27H,4-6,11-13H2,1-3H3. The number of carbonyl (C=O) groups excluding carboxylic acids is 1. The van der Waals surface area contributed by atoms with Crippen LogP contribution in [0.25, 0.3) is 0 Å². The van der Waals surface area contributed by atoms with Crippen molar-refractivity contribution in [1.82, 2.24) is 4.72 Å². The van der Waals surface area contributed by atoms with Gasteiger partial charge in [-0.05, 0) is 61.1 Å². The van der Waals surface area contributed by atoms with Crippen molar-refractivity contribution in [3.63, 3.8) is 0 Å². The minimum atomic E-state index is -4.01. The molecule has 2 aromatic carbocycles. The molecule has 0 bridgehead atoms. The van der Waals surface area contributed by atoms with Gasteiger partial charge >= 0.3 is 5.97 Å². The lowest BCUT2D eigenvalue weighted by Gasteiger charge is -2.15. The van der Waals surface area contributed by atoms with Gasteiger partial charge in [0, 0.05) is 13.0 Å². The van der Waals surface area contributed by atoms with Crippen molar-refractivity contribution in [2.24, 2.45) is 0 Å². The van der Waals surface area contributed by atoms with Gasteiger partial charge in [-0.1, -0.05) is 26.0 Å². The van der Waals surface area contributed by atoms with Crippen LogP contribution in [0.2, 0.25) is 0 Å². The molecule has 0 aliphatic rings. The number of hydrogen-bond acceptors (Lipinski definition) is 7. The molecule has 0 spiro atoms. The van der Waals surface area contributed by atoms with Crippen LogP contribution < -0.4 is 9.46 Å². The van der Waals surface area contributed by atoms with Crippen molar-refractivity contribution in [2.75, 3.05) is 19.8 Å². The summed E-state index contributed by atoms with van der Waals surface area (Å²) in [6.45, 7) is 6.63. The zero-order valence-corrected chi connectivity index (χ0v) is 19.9. The fourth-order valence-electron chi connectivity index (χ4n) is 3.10. The number of ether oxygens (including phenoxy) is 2. The number of nitriles is 1. The largest absolute Gasteiger partial charge is 0.507 e. The number of esters is 1. The number of hydrogen-bond donors (Lipinski definition) is 2. The Kier molecular flexibility index (Phi) is 9.70. The number of phenols is 1. The molecule has 0 heterocycles. The van der Waals surface area contributed by atoms with E-state index in [0.29, 0.717) is 31.8 Å². The first-order valence-corrected chi connectivity index (χ1v) is 12.3. The Balaban J connectivity index is 2.07. The van der Waals surface area contributed by atoms with Crippen molar-refractivity contribution in [2.45, 2.75) is 50.8 Å². The summed E-state index contributed by atoms with van der Waals surface area (Å²) in [4.78, 5) is 11.2. The van der Waals surface area contributed by atoms with Crippen molar-refractivity contribution < 1.29 is 27.8 Å². The van der Waals surface area contributed by atoms with Gasteiger partial charge in [0.2, 0.25) is 10.0 Å². The van der Waals surface area contributed by atoms with Crippen molar-refractivity contribution in [1.29, 1.82) is 5.26 Å². The van der Waals surface area contributed by atoms with Crippen molar-refractivity contribution in [3.05, 3.63) is 53.1 Å². The Labute approximate surface area is 195 Å². The van der Waals surface area contributed by atoms with Gasteiger partial charge in [-0.2, -0.15) is 5.26 Å². The molecule has 0 unspecified atom stereocenters. The van der Waals surface area contributed by atoms with E-state index in [1.807, 2.05) is 24.3 Å². The van der Waals surface area contributed by atoms with Gasteiger partial charge in [-0.3, -0.25) is 4.79 Å². The fraction of sp³-hybridized carbons (Fsp3) is 0.417. The lowest BCUT2D eigenvalue weighted by molar-refractivity contribution is -0.143. The summed E-state index contributed by atoms with van der Waals surface area (Å²) in [5.74, 6) is 0.234. The number of benzene rings is 2. The molecule has 2 aromatic rings. The number of sulfonamides is 1. The molecule has 178 valence electrons. The monoisotopic (exact) mass is 474 g/mol. The Morgan fingerprint density at radius 1 is 1.21 bits per heavy atom. The van der Waals surface area contributed by atoms with E-state index in [1.54, 1.807) is 6.92 Å². The molecule has 0 saturated heterocycles. The van der Waals surface area contributed by atoms with Crippen molar-refractivity contribution >= 4 is 16.0 Å². The topological polar surface area (TPSA) is 126 Å². The van der Waals surface area contributed by atoms with Gasteiger partial charge in [0.25, 0.3) is 0 Å². The molecular formula is C24H30N2O6S. The average molecular weight is 475 g/mol. The predicted octanol–water partition coefficient (Wildman–Crippen LogP) is 3.63. The Morgan fingerprint density at radius 3 is 2.64 bits per heavy atom. The van der Waals surface area contributed by atoms with Crippen LogP contribution in [0.3, 0.4) is 0 Å². The van der Waals surface area contributed by atoms with E-state index in [9.17, 15) is 18.3 Å². The molecule has 0 atom stereocenters. The second kappa shape index (κ2) is 12.2. The summed E-state index contributed by atoms with van der Waals surface area (Å²) < 4.78 is 38.5. The molecule has 0 fully saturated rings. The first-order valence-electron chi connectivity index (χ1n) is 10.8. The van der Waals surface area contributed by atoms with Gasteiger partial charge in [0.1, 0.15) is 16.4 Å². The molecule has 2 rings (SSSR count). The van der Waals surface area contributed by atoms with E-state index in [-0.39, 0.29) is 35.3 Å². The fourth-order valence-corrected chi connectivity index (χ4v) is 4.25. The zero-order chi connectivity index (χ0) is 24.4. The van der Waals surface area contributed by atoms with Crippen molar-refractivity contribution in [3.8, 4) is 17.6 Å². The molecule has 0 saturated carbocycles. The van der Waals surface area contributed by atoms with Crippen LogP contribution in [0.4, 0.5) is 0 Å². The molecule has 0 radical (unpaired) electrons. The molecular weight excluding hydrogens is 444 g/mol. The molecule has 8 nitrogen and oxygen atoms in total. The zero-order valence-electron chi connectivity index (χ0n) is 19.1. The lowest BCUT2D eigenvalue weighted by atomic mass is 10.00. The smallest absolute Gasteiger partial charge is 0.305 e. The number of phenolic OH excluding ortho intramolecular Hbond substituents is 1. The third-order valence-corrected chi connectivity index (χ3v) is 6.40. The van der Waals surface area contributed by atoms with Crippen LogP contribution in [-0.2, 0) is 26.0 Å². The minimum Gasteiger partial charge on any atom is -0.507 e. The summed E-state index contributed by atoms with van der Waals surface area (Å²) in [7, 11) is -4.01. The quantitative estimate of drug-likeness (QED) is 0.355. The maximum Gasteiger partial charge on any atom is 0.305 e. The number of aromatic hydroxyl groups is 1. The average Bonchev–Trinajstić information content (AvgIpc) is 2.77. The summed E-state index contributed by atoms with van der Waals surface area (Å²) in [6.07, 6.45) is 1.12. The SMILES string of the molecule is CCOC(=O)CCCOc1cc(C(C)C)ccc1CCNS(=O)(=O)c1cc(C#N)ccc1O. The minimum absolute atomic E-state index is 0.0682. The van der Waals surface area contributed by atoms with Gasteiger partial charge in [-0.25, -0.2) is 13.1 Å². The van der Waals surface area contributed by atoms with E-state index in [4.69, 9.17) is 14.7 Å². The molecule has 2 N–H and O–H groups in total. The Hall–Kier alpha value is -3.09. The third kappa shape index (κ3) is 7.77. The lowest BCUT2D eigenvalue weighted by Crippen LogP contribution is -2.26. The number of rotatable bonds is 12. The summed E-state index contributed by atoms with van der Waals surface area (Å²) in [6, 6.07) is 11.3. The van der Waals surface area contributed by atoms with Gasteiger partial charge in [-0.15, -0.1) is 0 Å². The highest BCUT2D eigenvalue weighted by Gasteiger charge is 2.19. The summed E-state index contributed by atoms with van der Waals surface area (Å²) in [5, 5.41) is 18.9. The van der Waals surface area contributed by atoms with E-state index in [2.05, 4.69) is 18.6 Å². The Bertz CT molecular complexity index is 1110. The first kappa shape index (κ1) is 26.2. The maximum absolute atomic E-state index is 12.6. The van der Waals surface area contributed by atoms with Crippen LogP contribution in [0.15, 0.2) is 41.3 Å². The molecule has 0 aromatic heterocycles. The Morgan fingerprint density at radius 2 is 1.97 bits per heavy atom. The molecule has 0 amide bonds. The number of nitrogens with zero attached hydrogens (tertiary/aromatic N) is 1. The second-order valence-corrected chi connectivity index (χ2v) is 9.46. The van der Waals surface area contributed by atoms with Gasteiger partial charge < -0.3 is 14.6 Å². The number of carbonyl (C=O) groups is 1. The highest BCUT2D eigenvalue weighted by molar-refractivity contribution is 7.89. The molecule has 0 aliphatic carbocycles. The molecule has 33 heavy (non-hydrogen) atoms. The summed E-state index contributed by atoms with van der Waals surface area (Å²) in [5.41, 5.74) is 2.03. The van der Waals surface area contributed by atoms with E-state index in [1.165, 1.54) is 12.1 Å². The van der Waals surface area contributed by atoms with Crippen LogP contribution >= 0.6 is 0 Å². The van der Waals surface area contributed by atoms with E-state index >= 15 is 0 Å². The van der Waals surface area contributed by atoms with Gasteiger partial charge in [0.05, 0.1) is 24.8 Å². The maximum atomic E-state index is 12.6. The van der Waals surface area contributed by atoms with Crippen LogP contribution in [0, 0.1) is 11.3 Å². The first-order chi connectivity index (χ1) is 15.7.